The van der Waals surface area contributed by atoms with E-state index in [2.05, 4.69) is 10.0 Å². The number of nitrogens with two attached hydrogens (primary N) is 1. The first-order valence-corrected chi connectivity index (χ1v) is 11.6. The van der Waals surface area contributed by atoms with Crippen LogP contribution in [0.1, 0.15) is 34.8 Å². The zero-order chi connectivity index (χ0) is 25.4. The summed E-state index contributed by atoms with van der Waals surface area (Å²) in [6.07, 6.45) is -0.0389. The normalized spacial score (nSPS) is 18.6. The summed E-state index contributed by atoms with van der Waals surface area (Å²) in [5, 5.41) is 12.6. The molecule has 1 heterocycles. The summed E-state index contributed by atoms with van der Waals surface area (Å²) in [5.74, 6) is 0.338. The highest BCUT2D eigenvalue weighted by atomic mass is 16.5. The maximum atomic E-state index is 13.1. The lowest BCUT2D eigenvalue weighted by Gasteiger charge is -2.29. The van der Waals surface area contributed by atoms with Crippen LogP contribution >= 0.6 is 0 Å². The Balaban J connectivity index is 1.74. The maximum absolute atomic E-state index is 13.1. The SMILES string of the molecule is [N-]=[N+]=NCc1ccccc1C[C@@]1(C(N)=O)N=C(c2ccc(OCCCO)cc2)O[C@@H]1c1ccccc1. The second-order valence-electron chi connectivity index (χ2n) is 8.40. The molecule has 1 aliphatic rings. The Morgan fingerprint density at radius 1 is 1.08 bits per heavy atom. The number of aliphatic hydroxyl groups excluding tert-OH is 1. The van der Waals surface area contributed by atoms with E-state index in [0.717, 1.165) is 16.7 Å². The van der Waals surface area contributed by atoms with Crippen molar-refractivity contribution in [2.75, 3.05) is 13.2 Å². The minimum atomic E-state index is -1.42. The predicted octanol–water partition coefficient (Wildman–Crippen LogP) is 4.24. The van der Waals surface area contributed by atoms with Crippen LogP contribution in [0.25, 0.3) is 10.4 Å². The first-order chi connectivity index (χ1) is 17.6. The van der Waals surface area contributed by atoms with Gasteiger partial charge < -0.3 is 20.3 Å². The molecule has 0 saturated carbocycles. The molecule has 0 fully saturated rings. The molecule has 0 unspecified atom stereocenters. The highest BCUT2D eigenvalue weighted by Gasteiger charge is 2.52. The van der Waals surface area contributed by atoms with Crippen LogP contribution in [0, 0.1) is 0 Å². The van der Waals surface area contributed by atoms with Crippen molar-refractivity contribution in [3.05, 3.63) is 112 Å². The van der Waals surface area contributed by atoms with Crippen molar-refractivity contribution in [3.8, 4) is 5.75 Å². The molecular formula is C27H27N5O4. The summed E-state index contributed by atoms with van der Waals surface area (Å²) >= 11 is 0. The molecule has 3 N–H and O–H groups in total. The van der Waals surface area contributed by atoms with E-state index in [0.29, 0.717) is 30.2 Å². The molecule has 0 bridgehead atoms. The van der Waals surface area contributed by atoms with Gasteiger partial charge in [0.15, 0.2) is 11.6 Å². The van der Waals surface area contributed by atoms with Crippen LogP contribution in [0.2, 0.25) is 0 Å². The van der Waals surface area contributed by atoms with E-state index < -0.39 is 17.6 Å². The van der Waals surface area contributed by atoms with Crippen LogP contribution in [-0.4, -0.2) is 35.7 Å². The van der Waals surface area contributed by atoms with Gasteiger partial charge in [0.05, 0.1) is 13.2 Å². The van der Waals surface area contributed by atoms with Gasteiger partial charge in [-0.15, -0.1) is 0 Å². The summed E-state index contributed by atoms with van der Waals surface area (Å²) in [7, 11) is 0. The minimum Gasteiger partial charge on any atom is -0.494 e. The molecule has 0 aromatic heterocycles. The van der Waals surface area contributed by atoms with Crippen molar-refractivity contribution in [2.45, 2.75) is 31.0 Å². The van der Waals surface area contributed by atoms with E-state index >= 15 is 0 Å². The van der Waals surface area contributed by atoms with Gasteiger partial charge in [0, 0.05) is 29.9 Å². The summed E-state index contributed by atoms with van der Waals surface area (Å²) in [6, 6.07) is 24.0. The third kappa shape index (κ3) is 5.33. The summed E-state index contributed by atoms with van der Waals surface area (Å²) in [4.78, 5) is 20.8. The van der Waals surface area contributed by atoms with Gasteiger partial charge in [0.25, 0.3) is 0 Å². The van der Waals surface area contributed by atoms with Gasteiger partial charge in [-0.3, -0.25) is 4.79 Å². The molecule has 0 saturated heterocycles. The van der Waals surface area contributed by atoms with Gasteiger partial charge in [0.2, 0.25) is 11.8 Å². The fourth-order valence-electron chi connectivity index (χ4n) is 4.21. The number of hydrogen-bond acceptors (Lipinski definition) is 6. The molecule has 0 radical (unpaired) electrons. The zero-order valence-electron chi connectivity index (χ0n) is 19.7. The van der Waals surface area contributed by atoms with Crippen molar-refractivity contribution in [1.82, 2.24) is 0 Å². The first kappa shape index (κ1) is 24.8. The van der Waals surface area contributed by atoms with Crippen molar-refractivity contribution >= 4 is 11.8 Å². The second-order valence-corrected chi connectivity index (χ2v) is 8.40. The minimum absolute atomic E-state index is 0.0603. The molecule has 1 aliphatic heterocycles. The molecule has 0 spiro atoms. The van der Waals surface area contributed by atoms with Gasteiger partial charge in [0.1, 0.15) is 5.75 Å². The molecule has 1 amide bonds. The largest absolute Gasteiger partial charge is 0.494 e. The topological polar surface area (TPSA) is 143 Å². The predicted molar refractivity (Wildman–Crippen MR) is 135 cm³/mol. The second kappa shape index (κ2) is 11.4. The number of hydrogen-bond donors (Lipinski definition) is 2. The molecule has 0 aliphatic carbocycles. The Labute approximate surface area is 208 Å². The number of azide groups is 1. The molecule has 2 atom stereocenters. The molecule has 3 aromatic rings. The molecule has 184 valence electrons. The molecule has 9 heteroatoms. The van der Waals surface area contributed by atoms with Gasteiger partial charge in [-0.1, -0.05) is 59.7 Å². The number of carbonyl (C=O) groups excluding carboxylic acids is 1. The quantitative estimate of drug-likeness (QED) is 0.181. The van der Waals surface area contributed by atoms with Crippen molar-refractivity contribution in [2.24, 2.45) is 15.8 Å². The van der Waals surface area contributed by atoms with Crippen molar-refractivity contribution < 1.29 is 19.4 Å². The Morgan fingerprint density at radius 2 is 1.78 bits per heavy atom. The highest BCUT2D eigenvalue weighted by Crippen LogP contribution is 2.42. The fourth-order valence-corrected chi connectivity index (χ4v) is 4.21. The third-order valence-corrected chi connectivity index (χ3v) is 6.05. The van der Waals surface area contributed by atoms with E-state index in [1.165, 1.54) is 0 Å². The average Bonchev–Trinajstić information content (AvgIpc) is 3.30. The number of amides is 1. The number of benzene rings is 3. The number of aliphatic imine (C=N–C) groups is 1. The maximum Gasteiger partial charge on any atom is 0.250 e. The molecule has 3 aromatic carbocycles. The molecule has 9 nitrogen and oxygen atoms in total. The summed E-state index contributed by atoms with van der Waals surface area (Å²) in [6.45, 7) is 0.612. The Bertz CT molecular complexity index is 1270. The number of ether oxygens (including phenoxy) is 2. The molecule has 36 heavy (non-hydrogen) atoms. The van der Waals surface area contributed by atoms with E-state index in [1.807, 2.05) is 66.7 Å². The smallest absolute Gasteiger partial charge is 0.250 e. The van der Waals surface area contributed by atoms with Crippen molar-refractivity contribution in [1.29, 1.82) is 0 Å². The summed E-state index contributed by atoms with van der Waals surface area (Å²) in [5.41, 5.74) is 16.5. The van der Waals surface area contributed by atoms with Crippen LogP contribution in [-0.2, 0) is 22.5 Å². The Morgan fingerprint density at radius 3 is 2.44 bits per heavy atom. The van der Waals surface area contributed by atoms with Gasteiger partial charge >= 0.3 is 0 Å². The van der Waals surface area contributed by atoms with Crippen LogP contribution in [0.5, 0.6) is 5.75 Å². The number of rotatable bonds is 11. The zero-order valence-corrected chi connectivity index (χ0v) is 19.7. The van der Waals surface area contributed by atoms with Crippen LogP contribution in [0.15, 0.2) is 89.0 Å². The molecule has 4 rings (SSSR count). The monoisotopic (exact) mass is 485 g/mol. The lowest BCUT2D eigenvalue weighted by molar-refractivity contribution is -0.125. The third-order valence-electron chi connectivity index (χ3n) is 6.05. The van der Waals surface area contributed by atoms with Crippen LogP contribution in [0.3, 0.4) is 0 Å². The van der Waals surface area contributed by atoms with Gasteiger partial charge in [-0.05, 0) is 46.5 Å². The standard InChI is InChI=1S/C27H27N5O4/c28-26(34)27(17-21-9-4-5-10-22(21)18-30-32-29)24(19-7-2-1-3-8-19)36-25(31-27)20-11-13-23(14-12-20)35-16-6-15-33/h1-5,7-14,24,33H,6,15-18H2,(H2,28,34)/t24-,27-/m1/s1. The first-order valence-electron chi connectivity index (χ1n) is 11.6. The van der Waals surface area contributed by atoms with E-state index in [-0.39, 0.29) is 19.6 Å². The van der Waals surface area contributed by atoms with Gasteiger partial charge in [-0.25, -0.2) is 4.99 Å². The lowest BCUT2D eigenvalue weighted by Crippen LogP contribution is -2.47. The number of nitrogens with zero attached hydrogens (tertiary/aromatic N) is 4. The highest BCUT2D eigenvalue weighted by molar-refractivity contribution is 6.00. The fraction of sp³-hybridized carbons (Fsp3) is 0.259. The number of aliphatic hydroxyl groups is 1. The Kier molecular flexibility index (Phi) is 7.85. The number of carbonyl (C=O) groups is 1. The summed E-state index contributed by atoms with van der Waals surface area (Å²) < 4.78 is 11.9. The van der Waals surface area contributed by atoms with Crippen LogP contribution in [0.4, 0.5) is 0 Å². The molecular weight excluding hydrogens is 458 g/mol. The van der Waals surface area contributed by atoms with Crippen molar-refractivity contribution in [3.63, 3.8) is 0 Å². The Hall–Kier alpha value is -4.33. The van der Waals surface area contributed by atoms with Gasteiger partial charge in [-0.2, -0.15) is 0 Å². The lowest BCUT2D eigenvalue weighted by atomic mass is 9.81. The number of primary amides is 1. The van der Waals surface area contributed by atoms with E-state index in [1.54, 1.807) is 12.1 Å². The van der Waals surface area contributed by atoms with E-state index in [9.17, 15) is 4.79 Å². The van der Waals surface area contributed by atoms with E-state index in [4.69, 9.17) is 30.8 Å². The van der Waals surface area contributed by atoms with Crippen LogP contribution < -0.4 is 10.5 Å². The average molecular weight is 486 g/mol.